The Morgan fingerprint density at radius 1 is 1.09 bits per heavy atom. The van der Waals surface area contributed by atoms with E-state index in [1.54, 1.807) is 6.07 Å². The molecule has 0 atom stereocenters. The molecule has 2 aromatic rings. The zero-order chi connectivity index (χ0) is 17.1. The van der Waals surface area contributed by atoms with Gasteiger partial charge in [-0.15, -0.1) is 0 Å². The number of rotatable bonds is 5. The summed E-state index contributed by atoms with van der Waals surface area (Å²) in [5.41, 5.74) is 0.491. The van der Waals surface area contributed by atoms with Gasteiger partial charge in [0.05, 0.1) is 4.90 Å². The first kappa shape index (κ1) is 17.5. The van der Waals surface area contributed by atoms with Crippen molar-refractivity contribution in [3.05, 3.63) is 65.2 Å². The number of carbonyl (C=O) groups is 1. The molecule has 0 aliphatic heterocycles. The lowest BCUT2D eigenvalue weighted by atomic mass is 9.81. The maximum absolute atomic E-state index is 12.2. The lowest BCUT2D eigenvalue weighted by Crippen LogP contribution is -2.35. The van der Waals surface area contributed by atoms with Gasteiger partial charge < -0.3 is 0 Å². The lowest BCUT2D eigenvalue weighted by Gasteiger charge is -2.24. The molecule has 122 valence electrons. The summed E-state index contributed by atoms with van der Waals surface area (Å²) in [7, 11) is -3.92. The van der Waals surface area contributed by atoms with E-state index in [1.165, 1.54) is 18.2 Å². The van der Waals surface area contributed by atoms with Crippen molar-refractivity contribution in [2.24, 2.45) is 0 Å². The third kappa shape index (κ3) is 4.56. The number of carbonyl (C=O) groups excluding carboxylic acids is 1. The molecule has 0 unspecified atom stereocenters. The van der Waals surface area contributed by atoms with Crippen LogP contribution in [-0.4, -0.2) is 14.3 Å². The second-order valence-electron chi connectivity index (χ2n) is 5.91. The second kappa shape index (κ2) is 6.72. The molecular formula is C17H18ClNO3S. The SMILES string of the molecule is CC(C)(CC(=O)NS(=O)(=O)c1cccc(Cl)c1)c1ccccc1. The summed E-state index contributed by atoms with van der Waals surface area (Å²) in [5, 5.41) is 0.296. The molecule has 0 radical (unpaired) electrons. The van der Waals surface area contributed by atoms with Gasteiger partial charge in [-0.05, 0) is 29.2 Å². The van der Waals surface area contributed by atoms with Gasteiger partial charge in [-0.3, -0.25) is 4.79 Å². The highest BCUT2D eigenvalue weighted by molar-refractivity contribution is 7.90. The Bertz CT molecular complexity index is 802. The largest absolute Gasteiger partial charge is 0.274 e. The summed E-state index contributed by atoms with van der Waals surface area (Å²) in [4.78, 5) is 12.2. The first-order valence-corrected chi connectivity index (χ1v) is 8.93. The summed E-state index contributed by atoms with van der Waals surface area (Å²) >= 11 is 5.80. The maximum Gasteiger partial charge on any atom is 0.264 e. The molecule has 0 aromatic heterocycles. The monoisotopic (exact) mass is 351 g/mol. The van der Waals surface area contributed by atoms with Crippen LogP contribution in [-0.2, 0) is 20.2 Å². The Morgan fingerprint density at radius 2 is 1.74 bits per heavy atom. The molecule has 0 saturated carbocycles. The minimum atomic E-state index is -3.92. The zero-order valence-corrected chi connectivity index (χ0v) is 14.5. The molecule has 6 heteroatoms. The van der Waals surface area contributed by atoms with E-state index in [9.17, 15) is 13.2 Å². The summed E-state index contributed by atoms with van der Waals surface area (Å²) in [6.07, 6.45) is 0.0524. The van der Waals surface area contributed by atoms with Crippen molar-refractivity contribution in [2.45, 2.75) is 30.6 Å². The predicted octanol–water partition coefficient (Wildman–Crippen LogP) is 3.51. The smallest absolute Gasteiger partial charge is 0.264 e. The van der Waals surface area contributed by atoms with Gasteiger partial charge in [-0.2, -0.15) is 0 Å². The van der Waals surface area contributed by atoms with E-state index >= 15 is 0 Å². The van der Waals surface area contributed by atoms with Crippen molar-refractivity contribution in [3.8, 4) is 0 Å². The summed E-state index contributed by atoms with van der Waals surface area (Å²) < 4.78 is 26.6. The number of sulfonamides is 1. The average molecular weight is 352 g/mol. The van der Waals surface area contributed by atoms with Crippen LogP contribution in [0.1, 0.15) is 25.8 Å². The van der Waals surface area contributed by atoms with Crippen molar-refractivity contribution < 1.29 is 13.2 Å². The van der Waals surface area contributed by atoms with Crippen molar-refractivity contribution in [1.82, 2.24) is 4.72 Å². The van der Waals surface area contributed by atoms with Gasteiger partial charge in [0.25, 0.3) is 10.0 Å². The first-order valence-electron chi connectivity index (χ1n) is 7.07. The number of hydrogen-bond acceptors (Lipinski definition) is 3. The van der Waals surface area contributed by atoms with E-state index in [-0.39, 0.29) is 11.3 Å². The van der Waals surface area contributed by atoms with E-state index < -0.39 is 21.3 Å². The molecule has 23 heavy (non-hydrogen) atoms. The summed E-state index contributed by atoms with van der Waals surface area (Å²) in [5.74, 6) is -0.557. The van der Waals surface area contributed by atoms with Crippen LogP contribution in [0, 0.1) is 0 Å². The number of halogens is 1. The Labute approximate surface area is 141 Å². The van der Waals surface area contributed by atoms with Crippen LogP contribution in [0.2, 0.25) is 5.02 Å². The Hall–Kier alpha value is -1.85. The predicted molar refractivity (Wildman–Crippen MR) is 90.9 cm³/mol. The van der Waals surface area contributed by atoms with Crippen LogP contribution in [0.3, 0.4) is 0 Å². The molecule has 1 N–H and O–H groups in total. The molecule has 0 aliphatic carbocycles. The molecular weight excluding hydrogens is 334 g/mol. The van der Waals surface area contributed by atoms with Gasteiger partial charge in [-0.1, -0.05) is 61.8 Å². The quantitative estimate of drug-likeness (QED) is 0.896. The van der Waals surface area contributed by atoms with E-state index in [0.717, 1.165) is 5.56 Å². The van der Waals surface area contributed by atoms with Crippen molar-refractivity contribution >= 4 is 27.5 Å². The first-order chi connectivity index (χ1) is 10.7. The molecule has 2 rings (SSSR count). The normalized spacial score (nSPS) is 12.0. The third-order valence-corrected chi connectivity index (χ3v) is 5.12. The molecule has 0 aliphatic rings. The fraction of sp³-hybridized carbons (Fsp3) is 0.235. The van der Waals surface area contributed by atoms with Gasteiger partial charge >= 0.3 is 0 Å². The number of amides is 1. The number of hydrogen-bond donors (Lipinski definition) is 1. The van der Waals surface area contributed by atoms with E-state index in [0.29, 0.717) is 5.02 Å². The highest BCUT2D eigenvalue weighted by Gasteiger charge is 2.27. The Morgan fingerprint density at radius 3 is 2.35 bits per heavy atom. The lowest BCUT2D eigenvalue weighted by molar-refractivity contribution is -0.120. The minimum absolute atomic E-state index is 0.0316. The van der Waals surface area contributed by atoms with E-state index in [1.807, 2.05) is 44.2 Å². The van der Waals surface area contributed by atoms with Crippen LogP contribution < -0.4 is 4.72 Å². The van der Waals surface area contributed by atoms with Crippen LogP contribution in [0.15, 0.2) is 59.5 Å². The molecule has 4 nitrogen and oxygen atoms in total. The van der Waals surface area contributed by atoms with Gasteiger partial charge in [0.1, 0.15) is 0 Å². The average Bonchev–Trinajstić information content (AvgIpc) is 2.47. The summed E-state index contributed by atoms with van der Waals surface area (Å²) in [6, 6.07) is 15.3. The van der Waals surface area contributed by atoms with Crippen LogP contribution in [0.25, 0.3) is 0 Å². The zero-order valence-electron chi connectivity index (χ0n) is 12.9. The molecule has 0 saturated heterocycles. The van der Waals surface area contributed by atoms with Gasteiger partial charge in [-0.25, -0.2) is 13.1 Å². The van der Waals surface area contributed by atoms with Gasteiger partial charge in [0.2, 0.25) is 5.91 Å². The molecule has 0 spiro atoms. The van der Waals surface area contributed by atoms with Crippen molar-refractivity contribution in [1.29, 1.82) is 0 Å². The fourth-order valence-corrected chi connectivity index (χ4v) is 3.56. The number of benzene rings is 2. The van der Waals surface area contributed by atoms with Crippen molar-refractivity contribution in [3.63, 3.8) is 0 Å². The third-order valence-electron chi connectivity index (χ3n) is 3.51. The summed E-state index contributed by atoms with van der Waals surface area (Å²) in [6.45, 7) is 3.79. The molecule has 1 amide bonds. The molecule has 0 fully saturated rings. The minimum Gasteiger partial charge on any atom is -0.274 e. The van der Waals surface area contributed by atoms with Gasteiger partial charge in [0.15, 0.2) is 0 Å². The van der Waals surface area contributed by atoms with E-state index in [2.05, 4.69) is 4.72 Å². The maximum atomic E-state index is 12.2. The van der Waals surface area contributed by atoms with E-state index in [4.69, 9.17) is 11.6 Å². The Kier molecular flexibility index (Phi) is 5.12. The number of nitrogens with one attached hydrogen (secondary N) is 1. The van der Waals surface area contributed by atoms with Crippen LogP contribution in [0.4, 0.5) is 0 Å². The highest BCUT2D eigenvalue weighted by Crippen LogP contribution is 2.27. The Balaban J connectivity index is 2.13. The standard InChI is InChI=1S/C17H18ClNO3S/c1-17(2,13-7-4-3-5-8-13)12-16(20)19-23(21,22)15-10-6-9-14(18)11-15/h3-11H,12H2,1-2H3,(H,19,20). The van der Waals surface area contributed by atoms with Crippen molar-refractivity contribution in [2.75, 3.05) is 0 Å². The second-order valence-corrected chi connectivity index (χ2v) is 8.03. The topological polar surface area (TPSA) is 63.2 Å². The van der Waals surface area contributed by atoms with Gasteiger partial charge in [0, 0.05) is 11.4 Å². The molecule has 0 bridgehead atoms. The highest BCUT2D eigenvalue weighted by atomic mass is 35.5. The molecule has 2 aromatic carbocycles. The molecule has 0 heterocycles. The fourth-order valence-electron chi connectivity index (χ4n) is 2.27. The van der Waals surface area contributed by atoms with Crippen LogP contribution >= 0.6 is 11.6 Å². The van der Waals surface area contributed by atoms with Crippen LogP contribution in [0.5, 0.6) is 0 Å².